The maximum atomic E-state index is 13.0. The first-order valence-electron chi connectivity index (χ1n) is 5.41. The second-order valence-corrected chi connectivity index (χ2v) is 4.32. The second kappa shape index (κ2) is 4.19. The van der Waals surface area contributed by atoms with Gasteiger partial charge in [-0.3, -0.25) is 0 Å². The minimum Gasteiger partial charge on any atom is -0.399 e. The van der Waals surface area contributed by atoms with Gasteiger partial charge in [-0.05, 0) is 56.6 Å². The third kappa shape index (κ3) is 2.29. The van der Waals surface area contributed by atoms with Crippen LogP contribution >= 0.6 is 0 Å². The van der Waals surface area contributed by atoms with Crippen molar-refractivity contribution >= 4 is 5.69 Å². The van der Waals surface area contributed by atoms with Gasteiger partial charge in [-0.25, -0.2) is 4.39 Å². The fourth-order valence-electron chi connectivity index (χ4n) is 2.24. The highest BCUT2D eigenvalue weighted by Crippen LogP contribution is 2.22. The number of likely N-dealkylation sites (tertiary alicyclic amines) is 1. The number of hydrogen-bond acceptors (Lipinski definition) is 2. The molecule has 1 heterocycles. The first kappa shape index (κ1) is 10.4. The number of rotatable bonds is 2. The summed E-state index contributed by atoms with van der Waals surface area (Å²) in [6.07, 6.45) is 3.28. The molecular formula is C12H17FN2. The van der Waals surface area contributed by atoms with Gasteiger partial charge in [-0.1, -0.05) is 0 Å². The van der Waals surface area contributed by atoms with E-state index in [2.05, 4.69) is 11.9 Å². The molecule has 1 aromatic rings. The molecule has 0 aromatic heterocycles. The smallest absolute Gasteiger partial charge is 0.123 e. The summed E-state index contributed by atoms with van der Waals surface area (Å²) in [4.78, 5) is 2.32. The highest BCUT2D eigenvalue weighted by atomic mass is 19.1. The van der Waals surface area contributed by atoms with Gasteiger partial charge in [0.25, 0.3) is 0 Å². The highest BCUT2D eigenvalue weighted by Gasteiger charge is 2.21. The summed E-state index contributed by atoms with van der Waals surface area (Å²) in [6, 6.07) is 5.15. The average molecular weight is 208 g/mol. The molecule has 1 fully saturated rings. The van der Waals surface area contributed by atoms with Crippen LogP contribution in [0, 0.1) is 5.82 Å². The van der Waals surface area contributed by atoms with Crippen LogP contribution in [-0.4, -0.2) is 24.5 Å². The van der Waals surface area contributed by atoms with Gasteiger partial charge in [0.15, 0.2) is 0 Å². The summed E-state index contributed by atoms with van der Waals surface area (Å²) in [5.41, 5.74) is 7.47. The molecule has 2 N–H and O–H groups in total. The molecule has 0 spiro atoms. The summed E-state index contributed by atoms with van der Waals surface area (Å²) in [5.74, 6) is -0.195. The number of anilines is 1. The quantitative estimate of drug-likeness (QED) is 0.754. The van der Waals surface area contributed by atoms with E-state index in [4.69, 9.17) is 5.73 Å². The summed E-state index contributed by atoms with van der Waals surface area (Å²) in [7, 11) is 2.12. The number of halogens is 1. The van der Waals surface area contributed by atoms with Crippen molar-refractivity contribution in [2.24, 2.45) is 0 Å². The van der Waals surface area contributed by atoms with Gasteiger partial charge in [0, 0.05) is 11.7 Å². The SMILES string of the molecule is CN1CCCC1Cc1cc(F)ccc1N. The standard InChI is InChI=1S/C12H17FN2/c1-15-6-2-3-11(15)8-9-7-10(13)4-5-12(9)14/h4-5,7,11H,2-3,6,8,14H2,1H3. The zero-order chi connectivity index (χ0) is 10.8. The zero-order valence-electron chi connectivity index (χ0n) is 9.04. The Hall–Kier alpha value is -1.09. The van der Waals surface area contributed by atoms with E-state index < -0.39 is 0 Å². The van der Waals surface area contributed by atoms with Crippen LogP contribution in [0.2, 0.25) is 0 Å². The number of nitrogens with two attached hydrogens (primary N) is 1. The van der Waals surface area contributed by atoms with Crippen molar-refractivity contribution in [3.05, 3.63) is 29.6 Å². The van der Waals surface area contributed by atoms with Gasteiger partial charge in [-0.2, -0.15) is 0 Å². The van der Waals surface area contributed by atoms with Gasteiger partial charge in [0.1, 0.15) is 5.82 Å². The molecule has 1 aromatic carbocycles. The zero-order valence-corrected chi connectivity index (χ0v) is 9.04. The number of nitrogen functional groups attached to an aromatic ring is 1. The van der Waals surface area contributed by atoms with Crippen molar-refractivity contribution in [3.8, 4) is 0 Å². The Morgan fingerprint density at radius 1 is 1.53 bits per heavy atom. The maximum Gasteiger partial charge on any atom is 0.123 e. The monoisotopic (exact) mass is 208 g/mol. The Labute approximate surface area is 89.9 Å². The molecule has 1 aliphatic rings. The van der Waals surface area contributed by atoms with Gasteiger partial charge in [0.2, 0.25) is 0 Å². The number of likely N-dealkylation sites (N-methyl/N-ethyl adjacent to an activating group) is 1. The lowest BCUT2D eigenvalue weighted by Crippen LogP contribution is -2.27. The predicted molar refractivity (Wildman–Crippen MR) is 60.2 cm³/mol. The van der Waals surface area contributed by atoms with Crippen molar-refractivity contribution in [1.29, 1.82) is 0 Å². The first-order chi connectivity index (χ1) is 7.16. The molecule has 1 unspecified atom stereocenters. The Kier molecular flexibility index (Phi) is 2.91. The van der Waals surface area contributed by atoms with E-state index in [9.17, 15) is 4.39 Å². The minimum atomic E-state index is -0.195. The summed E-state index contributed by atoms with van der Waals surface area (Å²) >= 11 is 0. The van der Waals surface area contributed by atoms with Crippen LogP contribution < -0.4 is 5.73 Å². The lowest BCUT2D eigenvalue weighted by molar-refractivity contribution is 0.309. The van der Waals surface area contributed by atoms with Crippen LogP contribution in [-0.2, 0) is 6.42 Å². The van der Waals surface area contributed by atoms with Crippen LogP contribution in [0.25, 0.3) is 0 Å². The molecule has 15 heavy (non-hydrogen) atoms. The third-order valence-corrected chi connectivity index (χ3v) is 3.23. The number of benzene rings is 1. The molecule has 3 heteroatoms. The van der Waals surface area contributed by atoms with Crippen molar-refractivity contribution in [3.63, 3.8) is 0 Å². The van der Waals surface area contributed by atoms with Crippen LogP contribution in [0.15, 0.2) is 18.2 Å². The van der Waals surface area contributed by atoms with Crippen molar-refractivity contribution in [2.75, 3.05) is 19.3 Å². The first-order valence-corrected chi connectivity index (χ1v) is 5.41. The molecule has 82 valence electrons. The van der Waals surface area contributed by atoms with Crippen molar-refractivity contribution in [2.45, 2.75) is 25.3 Å². The molecule has 1 aliphatic heterocycles. The predicted octanol–water partition coefficient (Wildman–Crippen LogP) is 2.04. The summed E-state index contributed by atoms with van der Waals surface area (Å²) < 4.78 is 13.0. The Morgan fingerprint density at radius 2 is 2.33 bits per heavy atom. The van der Waals surface area contributed by atoms with E-state index in [1.807, 2.05) is 0 Å². The van der Waals surface area contributed by atoms with E-state index >= 15 is 0 Å². The third-order valence-electron chi connectivity index (χ3n) is 3.23. The fourth-order valence-corrected chi connectivity index (χ4v) is 2.24. The van der Waals surface area contributed by atoms with Crippen LogP contribution in [0.5, 0.6) is 0 Å². The molecule has 1 saturated heterocycles. The lowest BCUT2D eigenvalue weighted by atomic mass is 10.0. The molecule has 0 aliphatic carbocycles. The van der Waals surface area contributed by atoms with Crippen molar-refractivity contribution in [1.82, 2.24) is 4.90 Å². The maximum absolute atomic E-state index is 13.0. The molecule has 2 rings (SSSR count). The largest absolute Gasteiger partial charge is 0.399 e. The van der Waals surface area contributed by atoms with Gasteiger partial charge in [0.05, 0.1) is 0 Å². The fraction of sp³-hybridized carbons (Fsp3) is 0.500. The average Bonchev–Trinajstić information content (AvgIpc) is 2.58. The van der Waals surface area contributed by atoms with Crippen LogP contribution in [0.1, 0.15) is 18.4 Å². The van der Waals surface area contributed by atoms with Crippen LogP contribution in [0.3, 0.4) is 0 Å². The second-order valence-electron chi connectivity index (χ2n) is 4.32. The van der Waals surface area contributed by atoms with Crippen molar-refractivity contribution < 1.29 is 4.39 Å². The van der Waals surface area contributed by atoms with E-state index in [1.54, 1.807) is 12.1 Å². The Balaban J connectivity index is 2.12. The summed E-state index contributed by atoms with van der Waals surface area (Å²) in [6.45, 7) is 1.14. The van der Waals surface area contributed by atoms with E-state index in [0.29, 0.717) is 11.7 Å². The van der Waals surface area contributed by atoms with Gasteiger partial charge < -0.3 is 10.6 Å². The molecule has 0 saturated carbocycles. The summed E-state index contributed by atoms with van der Waals surface area (Å²) in [5, 5.41) is 0. The minimum absolute atomic E-state index is 0.195. The molecular weight excluding hydrogens is 191 g/mol. The highest BCUT2D eigenvalue weighted by molar-refractivity contribution is 5.47. The number of nitrogens with zero attached hydrogens (tertiary/aromatic N) is 1. The number of hydrogen-bond donors (Lipinski definition) is 1. The Bertz CT molecular complexity index is 351. The van der Waals surface area contributed by atoms with E-state index in [1.165, 1.54) is 18.9 Å². The Morgan fingerprint density at radius 3 is 3.00 bits per heavy atom. The molecule has 0 amide bonds. The van der Waals surface area contributed by atoms with E-state index in [-0.39, 0.29) is 5.82 Å². The van der Waals surface area contributed by atoms with Crippen LogP contribution in [0.4, 0.5) is 10.1 Å². The normalized spacial score (nSPS) is 22.1. The molecule has 1 atom stereocenters. The molecule has 0 bridgehead atoms. The van der Waals surface area contributed by atoms with Gasteiger partial charge >= 0.3 is 0 Å². The van der Waals surface area contributed by atoms with Gasteiger partial charge in [-0.15, -0.1) is 0 Å². The molecule has 0 radical (unpaired) electrons. The van der Waals surface area contributed by atoms with E-state index in [0.717, 1.165) is 18.5 Å². The molecule has 2 nitrogen and oxygen atoms in total. The topological polar surface area (TPSA) is 29.3 Å². The lowest BCUT2D eigenvalue weighted by Gasteiger charge is -2.20.